The van der Waals surface area contributed by atoms with Crippen molar-refractivity contribution in [3.05, 3.63) is 34.4 Å². The van der Waals surface area contributed by atoms with Gasteiger partial charge in [-0.1, -0.05) is 15.9 Å². The molecule has 1 aliphatic carbocycles. The van der Waals surface area contributed by atoms with Gasteiger partial charge in [-0.15, -0.1) is 0 Å². The maximum absolute atomic E-state index is 13.7. The normalized spacial score (nSPS) is 17.5. The smallest absolute Gasteiger partial charge is 0.339 e. The highest BCUT2D eigenvalue weighted by Gasteiger charge is 2.38. The Labute approximate surface area is 185 Å². The molecule has 0 saturated heterocycles. The maximum Gasteiger partial charge on any atom is 0.339 e. The van der Waals surface area contributed by atoms with Crippen molar-refractivity contribution in [1.29, 1.82) is 0 Å². The van der Waals surface area contributed by atoms with Crippen molar-refractivity contribution < 1.29 is 27.8 Å². The Hall–Kier alpha value is -1.50. The van der Waals surface area contributed by atoms with Crippen LogP contribution in [-0.2, 0) is 14.8 Å². The van der Waals surface area contributed by atoms with Crippen LogP contribution < -0.4 is 0 Å². The molecule has 0 aromatic heterocycles. The molecule has 0 spiro atoms. The van der Waals surface area contributed by atoms with Gasteiger partial charge in [0, 0.05) is 18.2 Å². The Balaban J connectivity index is 2.56. The van der Waals surface area contributed by atoms with Crippen molar-refractivity contribution in [2.24, 2.45) is 0 Å². The van der Waals surface area contributed by atoms with Crippen LogP contribution in [0.1, 0.15) is 105 Å². The number of esters is 2. The standard InChI is InChI=1S/C23H31BrF2O4/c1-21(2,3)29-19(27)15-11-16(13-24)18(20(28)30-22(4,5)6)17(12-15)14-7-9-23(25,26)10-8-14/h11-12,14H,7-10,13H2,1-6H3. The lowest BCUT2D eigenvalue weighted by Crippen LogP contribution is -2.29. The van der Waals surface area contributed by atoms with Gasteiger partial charge in [0.25, 0.3) is 0 Å². The van der Waals surface area contributed by atoms with Gasteiger partial charge in [0.2, 0.25) is 5.92 Å². The molecule has 4 nitrogen and oxygen atoms in total. The van der Waals surface area contributed by atoms with E-state index >= 15 is 0 Å². The molecule has 0 N–H and O–H groups in total. The van der Waals surface area contributed by atoms with Crippen molar-refractivity contribution in [2.45, 2.75) is 95.6 Å². The maximum atomic E-state index is 13.7. The Morgan fingerprint density at radius 1 is 1.00 bits per heavy atom. The molecule has 0 atom stereocenters. The molecule has 7 heteroatoms. The van der Waals surface area contributed by atoms with E-state index in [1.807, 2.05) is 0 Å². The zero-order chi connectivity index (χ0) is 22.9. The van der Waals surface area contributed by atoms with E-state index in [1.54, 1.807) is 53.7 Å². The number of hydrogen-bond acceptors (Lipinski definition) is 4. The third-order valence-corrected chi connectivity index (χ3v) is 5.39. The number of benzene rings is 1. The minimum absolute atomic E-state index is 0.238. The number of rotatable bonds is 4. The van der Waals surface area contributed by atoms with E-state index in [2.05, 4.69) is 15.9 Å². The van der Waals surface area contributed by atoms with Crippen LogP contribution >= 0.6 is 15.9 Å². The second kappa shape index (κ2) is 8.93. The van der Waals surface area contributed by atoms with Crippen LogP contribution in [0.4, 0.5) is 8.78 Å². The molecule has 1 aliphatic rings. The molecule has 0 unspecified atom stereocenters. The van der Waals surface area contributed by atoms with Gasteiger partial charge in [-0.25, -0.2) is 18.4 Å². The van der Waals surface area contributed by atoms with E-state index in [-0.39, 0.29) is 31.6 Å². The van der Waals surface area contributed by atoms with Gasteiger partial charge >= 0.3 is 11.9 Å². The number of alkyl halides is 3. The predicted molar refractivity (Wildman–Crippen MR) is 116 cm³/mol. The van der Waals surface area contributed by atoms with Crippen molar-refractivity contribution >= 4 is 27.9 Å². The first-order chi connectivity index (χ1) is 13.6. The average molecular weight is 489 g/mol. The van der Waals surface area contributed by atoms with E-state index in [4.69, 9.17) is 9.47 Å². The van der Waals surface area contributed by atoms with E-state index in [0.717, 1.165) is 0 Å². The lowest BCUT2D eigenvalue weighted by molar-refractivity contribution is -0.0383. The third-order valence-electron chi connectivity index (χ3n) is 4.79. The Kier molecular flexibility index (Phi) is 7.37. The van der Waals surface area contributed by atoms with E-state index in [0.29, 0.717) is 27.6 Å². The Morgan fingerprint density at radius 2 is 1.50 bits per heavy atom. The third kappa shape index (κ3) is 6.76. The fourth-order valence-electron chi connectivity index (χ4n) is 3.54. The van der Waals surface area contributed by atoms with Crippen molar-refractivity contribution in [3.63, 3.8) is 0 Å². The summed E-state index contributed by atoms with van der Waals surface area (Å²) in [4.78, 5) is 25.7. The zero-order valence-electron chi connectivity index (χ0n) is 18.5. The Morgan fingerprint density at radius 3 is 1.97 bits per heavy atom. The quantitative estimate of drug-likeness (QED) is 0.346. The summed E-state index contributed by atoms with van der Waals surface area (Å²) in [6.45, 7) is 10.6. The van der Waals surface area contributed by atoms with Gasteiger partial charge in [-0.3, -0.25) is 0 Å². The summed E-state index contributed by atoms with van der Waals surface area (Å²) in [5.41, 5.74) is 0.435. The molecule has 1 saturated carbocycles. The molecule has 30 heavy (non-hydrogen) atoms. The average Bonchev–Trinajstić information content (AvgIpc) is 2.57. The van der Waals surface area contributed by atoms with Gasteiger partial charge < -0.3 is 9.47 Å². The highest BCUT2D eigenvalue weighted by molar-refractivity contribution is 9.08. The SMILES string of the molecule is CC(C)(C)OC(=O)c1cc(CBr)c(C(=O)OC(C)(C)C)c(C2CCC(F)(F)CC2)c1. The molecule has 1 aromatic rings. The van der Waals surface area contributed by atoms with Gasteiger partial charge in [0.1, 0.15) is 11.2 Å². The van der Waals surface area contributed by atoms with Crippen LogP contribution in [-0.4, -0.2) is 29.1 Å². The van der Waals surface area contributed by atoms with Crippen LogP contribution in [0.5, 0.6) is 0 Å². The summed E-state index contributed by atoms with van der Waals surface area (Å²) >= 11 is 3.40. The molecule has 0 bridgehead atoms. The number of carbonyl (C=O) groups excluding carboxylic acids is 2. The minimum atomic E-state index is -2.69. The van der Waals surface area contributed by atoms with E-state index in [9.17, 15) is 18.4 Å². The molecule has 2 rings (SSSR count). The fourth-order valence-corrected chi connectivity index (χ4v) is 3.98. The highest BCUT2D eigenvalue weighted by atomic mass is 79.9. The molecule has 1 fully saturated rings. The number of halogens is 3. The van der Waals surface area contributed by atoms with Gasteiger partial charge in [0.15, 0.2) is 0 Å². The fraction of sp³-hybridized carbons (Fsp3) is 0.652. The summed E-state index contributed by atoms with van der Waals surface area (Å²) in [7, 11) is 0. The van der Waals surface area contributed by atoms with Crippen LogP contribution in [0.15, 0.2) is 12.1 Å². The first-order valence-corrected chi connectivity index (χ1v) is 11.3. The number of carbonyl (C=O) groups is 2. The topological polar surface area (TPSA) is 52.6 Å². The molecule has 168 valence electrons. The molecule has 0 radical (unpaired) electrons. The molecule has 0 aliphatic heterocycles. The summed E-state index contributed by atoms with van der Waals surface area (Å²) in [6, 6.07) is 3.23. The Bertz CT molecular complexity index is 797. The predicted octanol–water partition coefficient (Wildman–Crippen LogP) is 6.79. The van der Waals surface area contributed by atoms with Crippen LogP contribution in [0, 0.1) is 0 Å². The summed E-state index contributed by atoms with van der Waals surface area (Å²) in [6.07, 6.45) is -0.0118. The van der Waals surface area contributed by atoms with Crippen molar-refractivity contribution in [2.75, 3.05) is 0 Å². The first-order valence-electron chi connectivity index (χ1n) is 10.2. The monoisotopic (exact) mass is 488 g/mol. The first kappa shape index (κ1) is 24.8. The van der Waals surface area contributed by atoms with Crippen LogP contribution in [0.2, 0.25) is 0 Å². The van der Waals surface area contributed by atoms with Crippen molar-refractivity contribution in [1.82, 2.24) is 0 Å². The minimum Gasteiger partial charge on any atom is -0.456 e. The van der Waals surface area contributed by atoms with Gasteiger partial charge in [-0.2, -0.15) is 0 Å². The van der Waals surface area contributed by atoms with E-state index in [1.165, 1.54) is 0 Å². The molecule has 1 aromatic carbocycles. The summed E-state index contributed by atoms with van der Waals surface area (Å²) < 4.78 is 38.6. The lowest BCUT2D eigenvalue weighted by Gasteiger charge is -2.31. The highest BCUT2D eigenvalue weighted by Crippen LogP contribution is 2.43. The van der Waals surface area contributed by atoms with Crippen LogP contribution in [0.3, 0.4) is 0 Å². The largest absolute Gasteiger partial charge is 0.456 e. The van der Waals surface area contributed by atoms with E-state index < -0.39 is 29.1 Å². The molecular formula is C23H31BrF2O4. The lowest BCUT2D eigenvalue weighted by atomic mass is 9.79. The van der Waals surface area contributed by atoms with Crippen molar-refractivity contribution in [3.8, 4) is 0 Å². The molecule has 0 amide bonds. The molecule has 0 heterocycles. The van der Waals surface area contributed by atoms with Gasteiger partial charge in [0.05, 0.1) is 11.1 Å². The van der Waals surface area contributed by atoms with Gasteiger partial charge in [-0.05, 0) is 83.6 Å². The summed E-state index contributed by atoms with van der Waals surface area (Å²) in [5, 5.41) is 0.314. The molecular weight excluding hydrogens is 458 g/mol. The summed E-state index contributed by atoms with van der Waals surface area (Å²) in [5.74, 6) is -3.97. The number of hydrogen-bond donors (Lipinski definition) is 0. The zero-order valence-corrected chi connectivity index (χ0v) is 20.1. The van der Waals surface area contributed by atoms with Crippen LogP contribution in [0.25, 0.3) is 0 Å². The number of ether oxygens (including phenoxy) is 2. The second-order valence-electron chi connectivity index (χ2n) is 9.87. The second-order valence-corrected chi connectivity index (χ2v) is 10.4.